The number of ether oxygens (including phenoxy) is 1. The second-order valence-electron chi connectivity index (χ2n) is 5.42. The third-order valence-electron chi connectivity index (χ3n) is 3.45. The summed E-state index contributed by atoms with van der Waals surface area (Å²) in [6.07, 6.45) is 2.31. The number of hydrogen-bond donors (Lipinski definition) is 2. The van der Waals surface area contributed by atoms with Gasteiger partial charge in [-0.2, -0.15) is 11.8 Å². The molecule has 6 heteroatoms. The fraction of sp³-hybridized carbons (Fsp3) is 0.529. The van der Waals surface area contributed by atoms with Crippen LogP contribution in [-0.2, 0) is 16.0 Å². The van der Waals surface area contributed by atoms with Gasteiger partial charge in [-0.3, -0.25) is 9.59 Å². The van der Waals surface area contributed by atoms with Crippen molar-refractivity contribution >= 4 is 23.6 Å². The van der Waals surface area contributed by atoms with Crippen LogP contribution in [-0.4, -0.2) is 42.1 Å². The summed E-state index contributed by atoms with van der Waals surface area (Å²) in [6, 6.07) is 7.38. The Hall–Kier alpha value is -1.69. The third kappa shape index (κ3) is 6.95. The van der Waals surface area contributed by atoms with Crippen LogP contribution >= 0.6 is 11.8 Å². The molecule has 0 aromatic heterocycles. The van der Waals surface area contributed by atoms with Crippen LogP contribution in [0.3, 0.4) is 0 Å². The minimum absolute atomic E-state index is 0.0997. The molecule has 0 spiro atoms. The molecule has 2 N–H and O–H groups in total. The first-order valence-corrected chi connectivity index (χ1v) is 9.08. The van der Waals surface area contributed by atoms with E-state index < -0.39 is 11.9 Å². The molecule has 0 fully saturated rings. The lowest BCUT2D eigenvalue weighted by molar-refractivity contribution is -0.141. The first-order chi connectivity index (χ1) is 11.0. The van der Waals surface area contributed by atoms with E-state index in [1.807, 2.05) is 44.4 Å². The highest BCUT2D eigenvalue weighted by atomic mass is 32.2. The zero-order valence-corrected chi connectivity index (χ0v) is 14.7. The Bertz CT molecular complexity index is 504. The molecular weight excluding hydrogens is 314 g/mol. The highest BCUT2D eigenvalue weighted by Crippen LogP contribution is 2.15. The van der Waals surface area contributed by atoms with Crippen LogP contribution in [0.2, 0.25) is 0 Å². The topological polar surface area (TPSA) is 75.6 Å². The number of carbonyl (C=O) groups is 2. The van der Waals surface area contributed by atoms with Gasteiger partial charge in [0.2, 0.25) is 5.91 Å². The van der Waals surface area contributed by atoms with Gasteiger partial charge in [-0.15, -0.1) is 0 Å². The zero-order valence-electron chi connectivity index (χ0n) is 13.9. The van der Waals surface area contributed by atoms with E-state index in [4.69, 9.17) is 4.74 Å². The maximum absolute atomic E-state index is 11.9. The molecule has 2 atom stereocenters. The Balaban J connectivity index is 2.58. The average Bonchev–Trinajstić information content (AvgIpc) is 2.52. The number of rotatable bonds is 10. The summed E-state index contributed by atoms with van der Waals surface area (Å²) >= 11 is 1.60. The van der Waals surface area contributed by atoms with E-state index in [0.29, 0.717) is 13.0 Å². The van der Waals surface area contributed by atoms with Crippen molar-refractivity contribution in [3.05, 3.63) is 29.8 Å². The Labute approximate surface area is 141 Å². The predicted molar refractivity (Wildman–Crippen MR) is 93.0 cm³/mol. The van der Waals surface area contributed by atoms with Crippen LogP contribution in [0.4, 0.5) is 0 Å². The molecule has 1 rings (SSSR count). The first-order valence-electron chi connectivity index (χ1n) is 7.69. The summed E-state index contributed by atoms with van der Waals surface area (Å²) in [5, 5.41) is 12.1. The quantitative estimate of drug-likeness (QED) is 0.685. The summed E-state index contributed by atoms with van der Waals surface area (Å²) in [6.45, 7) is 4.49. The number of aliphatic carboxylic acids is 1. The van der Waals surface area contributed by atoms with Gasteiger partial charge in [-0.1, -0.05) is 19.1 Å². The van der Waals surface area contributed by atoms with Gasteiger partial charge < -0.3 is 15.2 Å². The van der Waals surface area contributed by atoms with Gasteiger partial charge in [0, 0.05) is 18.2 Å². The van der Waals surface area contributed by atoms with Crippen LogP contribution in [0.25, 0.3) is 0 Å². The minimum Gasteiger partial charge on any atom is -0.494 e. The largest absolute Gasteiger partial charge is 0.494 e. The summed E-state index contributed by atoms with van der Waals surface area (Å²) in [5.74, 6) is -0.276. The van der Waals surface area contributed by atoms with Crippen LogP contribution in [0.15, 0.2) is 24.3 Å². The van der Waals surface area contributed by atoms with Crippen molar-refractivity contribution in [3.63, 3.8) is 0 Å². The van der Waals surface area contributed by atoms with Crippen molar-refractivity contribution in [2.45, 2.75) is 20.3 Å². The van der Waals surface area contributed by atoms with Gasteiger partial charge in [-0.05, 0) is 37.3 Å². The Morgan fingerprint density at radius 2 is 1.96 bits per heavy atom. The molecule has 0 saturated carbocycles. The van der Waals surface area contributed by atoms with Crippen molar-refractivity contribution < 1.29 is 19.4 Å². The SMILES string of the molecule is CCOc1ccc(CC(CNC(=O)C(C)CSC)C(=O)O)cc1. The standard InChI is InChI=1S/C17H25NO4S/c1-4-22-15-7-5-13(6-8-15)9-14(17(20)21)10-18-16(19)12(2)11-23-3/h5-8,12,14H,4,9-11H2,1-3H3,(H,18,19)(H,20,21). The van der Waals surface area contributed by atoms with Crippen LogP contribution in [0, 0.1) is 11.8 Å². The average molecular weight is 339 g/mol. The Kier molecular flexibility index (Phi) is 8.55. The van der Waals surface area contributed by atoms with Crippen LogP contribution in [0.5, 0.6) is 5.75 Å². The van der Waals surface area contributed by atoms with E-state index in [1.165, 1.54) is 0 Å². The first kappa shape index (κ1) is 19.4. The molecule has 0 bridgehead atoms. The number of benzene rings is 1. The fourth-order valence-corrected chi connectivity index (χ4v) is 2.79. The molecule has 128 valence electrons. The molecule has 0 aliphatic heterocycles. The molecule has 0 saturated heterocycles. The molecular formula is C17H25NO4S. The minimum atomic E-state index is -0.906. The molecule has 1 amide bonds. The Morgan fingerprint density at radius 1 is 1.30 bits per heavy atom. The lowest BCUT2D eigenvalue weighted by Gasteiger charge is -2.16. The van der Waals surface area contributed by atoms with E-state index in [2.05, 4.69) is 5.32 Å². The van der Waals surface area contributed by atoms with Crippen molar-refractivity contribution in [2.75, 3.05) is 25.2 Å². The van der Waals surface area contributed by atoms with Gasteiger partial charge in [0.05, 0.1) is 12.5 Å². The highest BCUT2D eigenvalue weighted by molar-refractivity contribution is 7.98. The molecule has 5 nitrogen and oxygen atoms in total. The van der Waals surface area contributed by atoms with E-state index in [0.717, 1.165) is 17.1 Å². The van der Waals surface area contributed by atoms with E-state index in [1.54, 1.807) is 11.8 Å². The van der Waals surface area contributed by atoms with Crippen molar-refractivity contribution in [1.29, 1.82) is 0 Å². The fourth-order valence-electron chi connectivity index (χ4n) is 2.14. The second kappa shape index (κ2) is 10.2. The van der Waals surface area contributed by atoms with E-state index >= 15 is 0 Å². The second-order valence-corrected chi connectivity index (χ2v) is 6.33. The van der Waals surface area contributed by atoms with E-state index in [9.17, 15) is 14.7 Å². The molecule has 23 heavy (non-hydrogen) atoms. The third-order valence-corrected chi connectivity index (χ3v) is 4.29. The van der Waals surface area contributed by atoms with Gasteiger partial charge in [0.25, 0.3) is 0 Å². The number of carbonyl (C=O) groups excluding carboxylic acids is 1. The van der Waals surface area contributed by atoms with Crippen molar-refractivity contribution in [3.8, 4) is 5.75 Å². The van der Waals surface area contributed by atoms with Gasteiger partial charge in [-0.25, -0.2) is 0 Å². The lowest BCUT2D eigenvalue weighted by atomic mass is 9.99. The lowest BCUT2D eigenvalue weighted by Crippen LogP contribution is -2.37. The number of hydrogen-bond acceptors (Lipinski definition) is 4. The number of carboxylic acid groups (broad SMARTS) is 1. The zero-order chi connectivity index (χ0) is 17.2. The molecule has 1 aromatic rings. The van der Waals surface area contributed by atoms with Crippen molar-refractivity contribution in [1.82, 2.24) is 5.32 Å². The number of nitrogens with one attached hydrogen (secondary N) is 1. The summed E-state index contributed by atoms with van der Waals surface area (Å²) in [7, 11) is 0. The van der Waals surface area contributed by atoms with Crippen LogP contribution < -0.4 is 10.1 Å². The van der Waals surface area contributed by atoms with Crippen molar-refractivity contribution in [2.24, 2.45) is 11.8 Å². The normalized spacial score (nSPS) is 13.2. The summed E-state index contributed by atoms with van der Waals surface area (Å²) < 4.78 is 5.37. The van der Waals surface area contributed by atoms with Crippen LogP contribution in [0.1, 0.15) is 19.4 Å². The maximum Gasteiger partial charge on any atom is 0.308 e. The van der Waals surface area contributed by atoms with Gasteiger partial charge in [0.15, 0.2) is 0 Å². The summed E-state index contributed by atoms with van der Waals surface area (Å²) in [5.41, 5.74) is 0.910. The number of thioether (sulfide) groups is 1. The monoisotopic (exact) mass is 339 g/mol. The molecule has 1 aromatic carbocycles. The van der Waals surface area contributed by atoms with Gasteiger partial charge in [0.1, 0.15) is 5.75 Å². The van der Waals surface area contributed by atoms with E-state index in [-0.39, 0.29) is 18.4 Å². The van der Waals surface area contributed by atoms with Gasteiger partial charge >= 0.3 is 5.97 Å². The Morgan fingerprint density at radius 3 is 2.48 bits per heavy atom. The molecule has 0 aliphatic carbocycles. The highest BCUT2D eigenvalue weighted by Gasteiger charge is 2.20. The smallest absolute Gasteiger partial charge is 0.308 e. The maximum atomic E-state index is 11.9. The summed E-state index contributed by atoms with van der Waals surface area (Å²) in [4.78, 5) is 23.3. The number of amides is 1. The molecule has 0 heterocycles. The number of carboxylic acids is 1. The predicted octanol–water partition coefficient (Wildman–Crippen LogP) is 2.44. The molecule has 2 unspecified atom stereocenters. The molecule has 0 aliphatic rings. The molecule has 0 radical (unpaired) electrons.